The highest BCUT2D eigenvalue weighted by atomic mass is 32.2. The number of benzene rings is 2. The summed E-state index contributed by atoms with van der Waals surface area (Å²) in [5.41, 5.74) is 2.26. The quantitative estimate of drug-likeness (QED) is 0.852. The molecule has 0 aliphatic heterocycles. The number of hydrogen-bond acceptors (Lipinski definition) is 4. The van der Waals surface area contributed by atoms with E-state index in [4.69, 9.17) is 0 Å². The summed E-state index contributed by atoms with van der Waals surface area (Å²) in [5, 5.41) is 2.75. The Balaban J connectivity index is 2.23. The lowest BCUT2D eigenvalue weighted by atomic mass is 10.1. The van der Waals surface area contributed by atoms with Crippen molar-refractivity contribution in [1.82, 2.24) is 0 Å². The average Bonchev–Trinajstić information content (AvgIpc) is 2.47. The van der Waals surface area contributed by atoms with Gasteiger partial charge in [-0.3, -0.25) is 9.00 Å². The molecule has 0 spiro atoms. The highest BCUT2D eigenvalue weighted by Crippen LogP contribution is 2.19. The fraction of sp³-hybridized carbons (Fsp3) is 0.235. The van der Waals surface area contributed by atoms with E-state index in [0.29, 0.717) is 22.6 Å². The number of anilines is 1. The first-order valence-corrected chi connectivity index (χ1v) is 11.0. The van der Waals surface area contributed by atoms with E-state index in [2.05, 4.69) is 5.32 Å². The van der Waals surface area contributed by atoms with Crippen molar-refractivity contribution < 1.29 is 17.4 Å². The molecule has 1 atom stereocenters. The molecule has 0 aliphatic rings. The Bertz CT molecular complexity index is 876. The zero-order valence-corrected chi connectivity index (χ0v) is 15.1. The molecule has 0 saturated heterocycles. The van der Waals surface area contributed by atoms with Crippen LogP contribution >= 0.6 is 0 Å². The third kappa shape index (κ3) is 5.58. The summed E-state index contributed by atoms with van der Waals surface area (Å²) in [5.74, 6) is -0.0935. The van der Waals surface area contributed by atoms with Crippen molar-refractivity contribution in [2.45, 2.75) is 11.5 Å². The van der Waals surface area contributed by atoms with Gasteiger partial charge in [0.25, 0.3) is 5.91 Å². The van der Waals surface area contributed by atoms with Crippen molar-refractivity contribution in [1.29, 1.82) is 0 Å². The van der Waals surface area contributed by atoms with Gasteiger partial charge in [-0.1, -0.05) is 30.3 Å². The Morgan fingerprint density at radius 1 is 1.12 bits per heavy atom. The number of carbonyl (C=O) groups is 1. The predicted molar refractivity (Wildman–Crippen MR) is 97.2 cm³/mol. The molecule has 0 fully saturated rings. The molecule has 0 unspecified atom stereocenters. The summed E-state index contributed by atoms with van der Waals surface area (Å²) in [6, 6.07) is 13.7. The Labute approximate surface area is 144 Å². The highest BCUT2D eigenvalue weighted by molar-refractivity contribution is 7.89. The Morgan fingerprint density at radius 2 is 1.83 bits per heavy atom. The van der Waals surface area contributed by atoms with Crippen LogP contribution in [0.2, 0.25) is 0 Å². The van der Waals surface area contributed by atoms with Gasteiger partial charge in [-0.05, 0) is 29.3 Å². The van der Waals surface area contributed by atoms with Crippen molar-refractivity contribution in [3.8, 4) is 0 Å². The molecule has 0 aromatic heterocycles. The van der Waals surface area contributed by atoms with Crippen LogP contribution < -0.4 is 5.32 Å². The van der Waals surface area contributed by atoms with Gasteiger partial charge in [-0.25, -0.2) is 8.42 Å². The van der Waals surface area contributed by atoms with Crippen LogP contribution in [0.1, 0.15) is 21.5 Å². The van der Waals surface area contributed by atoms with Gasteiger partial charge in [-0.15, -0.1) is 0 Å². The van der Waals surface area contributed by atoms with Gasteiger partial charge in [0.2, 0.25) is 0 Å². The molecule has 0 heterocycles. The minimum Gasteiger partial charge on any atom is -0.322 e. The maximum Gasteiger partial charge on any atom is 0.255 e. The highest BCUT2D eigenvalue weighted by Gasteiger charge is 2.13. The van der Waals surface area contributed by atoms with Gasteiger partial charge in [0, 0.05) is 40.3 Å². The van der Waals surface area contributed by atoms with E-state index in [-0.39, 0.29) is 11.7 Å². The number of sulfone groups is 1. The van der Waals surface area contributed by atoms with Crippen LogP contribution in [0.25, 0.3) is 0 Å². The molecule has 5 nitrogen and oxygen atoms in total. The van der Waals surface area contributed by atoms with Gasteiger partial charge in [0.15, 0.2) is 9.84 Å². The molecule has 0 radical (unpaired) electrons. The largest absolute Gasteiger partial charge is 0.322 e. The van der Waals surface area contributed by atoms with Crippen molar-refractivity contribution in [3.05, 3.63) is 65.2 Å². The zero-order chi connectivity index (χ0) is 17.7. The van der Waals surface area contributed by atoms with E-state index in [0.717, 1.165) is 11.8 Å². The minimum absolute atomic E-state index is 0.141. The molecule has 7 heteroatoms. The zero-order valence-electron chi connectivity index (χ0n) is 13.5. The fourth-order valence-electron chi connectivity index (χ4n) is 2.28. The lowest BCUT2D eigenvalue weighted by molar-refractivity contribution is 0.102. The van der Waals surface area contributed by atoms with E-state index in [9.17, 15) is 17.4 Å². The normalized spacial score (nSPS) is 12.6. The molecule has 0 aliphatic carbocycles. The second kappa shape index (κ2) is 7.72. The predicted octanol–water partition coefficient (Wildman–Crippen LogP) is 2.36. The summed E-state index contributed by atoms with van der Waals surface area (Å²) < 4.78 is 34.3. The molecule has 0 bridgehead atoms. The molecule has 1 N–H and O–H groups in total. The Morgan fingerprint density at radius 3 is 2.50 bits per heavy atom. The van der Waals surface area contributed by atoms with Gasteiger partial charge in [-0.2, -0.15) is 0 Å². The summed E-state index contributed by atoms with van der Waals surface area (Å²) in [7, 11) is -4.19. The smallest absolute Gasteiger partial charge is 0.255 e. The SMILES string of the molecule is C[S@](=O)Cc1cccc(C(=O)Nc2ccccc2CS(C)(=O)=O)c1. The standard InChI is InChI=1S/C17H19NO4S2/c1-23(20)11-13-6-5-8-14(10-13)17(19)18-16-9-4-3-7-15(16)12-24(2,21)22/h3-10H,11-12H2,1-2H3,(H,18,19)/t23-/m0/s1. The minimum atomic E-state index is -3.21. The summed E-state index contributed by atoms with van der Waals surface area (Å²) >= 11 is 0. The number of carbonyl (C=O) groups excluding carboxylic acids is 1. The van der Waals surface area contributed by atoms with Crippen LogP contribution in [0.3, 0.4) is 0 Å². The Kier molecular flexibility index (Phi) is 5.90. The van der Waals surface area contributed by atoms with Crippen molar-refractivity contribution in [3.63, 3.8) is 0 Å². The van der Waals surface area contributed by atoms with E-state index >= 15 is 0 Å². The molecule has 2 rings (SSSR count). The van der Waals surface area contributed by atoms with E-state index in [1.807, 2.05) is 6.07 Å². The van der Waals surface area contributed by atoms with E-state index in [1.165, 1.54) is 0 Å². The summed E-state index contributed by atoms with van der Waals surface area (Å²) in [6.07, 6.45) is 2.76. The number of para-hydroxylation sites is 1. The second-order valence-electron chi connectivity index (χ2n) is 5.60. The van der Waals surface area contributed by atoms with Gasteiger partial charge < -0.3 is 5.32 Å². The van der Waals surface area contributed by atoms with E-state index in [1.54, 1.807) is 48.7 Å². The van der Waals surface area contributed by atoms with Gasteiger partial charge >= 0.3 is 0 Å². The molecule has 2 aromatic rings. The molecular formula is C17H19NO4S2. The maximum absolute atomic E-state index is 12.4. The van der Waals surface area contributed by atoms with Crippen LogP contribution in [-0.4, -0.2) is 31.0 Å². The fourth-order valence-corrected chi connectivity index (χ4v) is 3.75. The van der Waals surface area contributed by atoms with Crippen LogP contribution in [0.15, 0.2) is 48.5 Å². The van der Waals surface area contributed by atoms with Crippen molar-refractivity contribution in [2.24, 2.45) is 0 Å². The lowest BCUT2D eigenvalue weighted by Crippen LogP contribution is -2.14. The molecule has 24 heavy (non-hydrogen) atoms. The second-order valence-corrected chi connectivity index (χ2v) is 9.17. The number of nitrogens with one attached hydrogen (secondary N) is 1. The van der Waals surface area contributed by atoms with Crippen molar-refractivity contribution >= 4 is 32.2 Å². The van der Waals surface area contributed by atoms with Gasteiger partial charge in [0.1, 0.15) is 0 Å². The van der Waals surface area contributed by atoms with Crippen LogP contribution in [0, 0.1) is 0 Å². The molecule has 2 aromatic carbocycles. The van der Waals surface area contributed by atoms with Crippen LogP contribution in [-0.2, 0) is 32.1 Å². The molecule has 128 valence electrons. The van der Waals surface area contributed by atoms with E-state index < -0.39 is 20.6 Å². The first-order chi connectivity index (χ1) is 11.2. The number of hydrogen-bond donors (Lipinski definition) is 1. The topological polar surface area (TPSA) is 80.3 Å². The molecule has 1 amide bonds. The number of rotatable bonds is 6. The third-order valence-corrected chi connectivity index (χ3v) is 4.82. The third-order valence-electron chi connectivity index (χ3n) is 3.24. The average molecular weight is 365 g/mol. The molecular weight excluding hydrogens is 346 g/mol. The first-order valence-electron chi connectivity index (χ1n) is 7.20. The summed E-state index contributed by atoms with van der Waals surface area (Å²) in [4.78, 5) is 12.4. The van der Waals surface area contributed by atoms with Crippen LogP contribution in [0.5, 0.6) is 0 Å². The van der Waals surface area contributed by atoms with Gasteiger partial charge in [0.05, 0.1) is 5.75 Å². The maximum atomic E-state index is 12.4. The molecule has 0 saturated carbocycles. The van der Waals surface area contributed by atoms with Crippen molar-refractivity contribution in [2.75, 3.05) is 17.8 Å². The summed E-state index contributed by atoms with van der Waals surface area (Å²) in [6.45, 7) is 0. The van der Waals surface area contributed by atoms with Crippen LogP contribution in [0.4, 0.5) is 5.69 Å². The Hall–Kier alpha value is -1.99. The lowest BCUT2D eigenvalue weighted by Gasteiger charge is -2.11. The first kappa shape index (κ1) is 18.4. The monoisotopic (exact) mass is 365 g/mol. The number of amides is 1.